The predicted molar refractivity (Wildman–Crippen MR) is 70.2 cm³/mol. The zero-order valence-corrected chi connectivity index (χ0v) is 11.3. The topological polar surface area (TPSA) is 45.9 Å². The molecule has 2 unspecified atom stereocenters. The number of rotatable bonds is 2. The summed E-state index contributed by atoms with van der Waals surface area (Å²) >= 11 is 0. The highest BCUT2D eigenvalue weighted by Crippen LogP contribution is 2.39. The van der Waals surface area contributed by atoms with Gasteiger partial charge >= 0.3 is 0 Å². The summed E-state index contributed by atoms with van der Waals surface area (Å²) in [4.78, 5) is 4.03. The molecule has 1 aromatic heterocycles. The van der Waals surface area contributed by atoms with Gasteiger partial charge in [0.1, 0.15) is 17.5 Å². The van der Waals surface area contributed by atoms with Crippen molar-refractivity contribution in [1.82, 2.24) is 4.98 Å². The van der Waals surface area contributed by atoms with Crippen LogP contribution in [0.2, 0.25) is 0 Å². The molecule has 1 aliphatic rings. The van der Waals surface area contributed by atoms with Gasteiger partial charge in [-0.1, -0.05) is 20.8 Å². The Morgan fingerprint density at radius 1 is 1.39 bits per heavy atom. The smallest absolute Gasteiger partial charge is 0.140 e. The lowest BCUT2D eigenvalue weighted by Gasteiger charge is -2.38. The van der Waals surface area contributed by atoms with E-state index in [9.17, 15) is 0 Å². The van der Waals surface area contributed by atoms with Gasteiger partial charge in [0.05, 0.1) is 12.3 Å². The summed E-state index contributed by atoms with van der Waals surface area (Å²) < 4.78 is 5.99. The van der Waals surface area contributed by atoms with Gasteiger partial charge < -0.3 is 4.74 Å². The highest BCUT2D eigenvalue weighted by atomic mass is 16.5. The van der Waals surface area contributed by atoms with E-state index in [1.165, 1.54) is 6.42 Å². The maximum absolute atomic E-state index is 8.70. The molecule has 18 heavy (non-hydrogen) atoms. The van der Waals surface area contributed by atoms with E-state index in [0.717, 1.165) is 18.6 Å². The van der Waals surface area contributed by atoms with Crippen LogP contribution in [-0.4, -0.2) is 11.1 Å². The lowest BCUT2D eigenvalue weighted by Crippen LogP contribution is -2.34. The number of hydrogen-bond acceptors (Lipinski definition) is 3. The number of ether oxygens (including phenoxy) is 1. The van der Waals surface area contributed by atoms with E-state index >= 15 is 0 Å². The van der Waals surface area contributed by atoms with E-state index in [1.807, 2.05) is 12.1 Å². The van der Waals surface area contributed by atoms with Crippen molar-refractivity contribution in [3.63, 3.8) is 0 Å². The zero-order chi connectivity index (χ0) is 13.2. The Kier molecular flexibility index (Phi) is 3.56. The van der Waals surface area contributed by atoms with Gasteiger partial charge in [-0.2, -0.15) is 5.26 Å². The third kappa shape index (κ3) is 3.22. The van der Waals surface area contributed by atoms with E-state index in [-0.39, 0.29) is 6.10 Å². The molecule has 0 aliphatic heterocycles. The van der Waals surface area contributed by atoms with E-state index in [1.54, 1.807) is 12.3 Å². The second-order valence-corrected chi connectivity index (χ2v) is 6.14. The van der Waals surface area contributed by atoms with Crippen LogP contribution >= 0.6 is 0 Å². The molecule has 1 saturated carbocycles. The van der Waals surface area contributed by atoms with E-state index in [2.05, 4.69) is 25.8 Å². The maximum atomic E-state index is 8.70. The Labute approximate surface area is 109 Å². The van der Waals surface area contributed by atoms with Crippen molar-refractivity contribution in [1.29, 1.82) is 5.26 Å². The molecule has 0 aromatic carbocycles. The molecule has 0 saturated heterocycles. The molecule has 3 heteroatoms. The number of nitrogens with zero attached hydrogens (tertiary/aromatic N) is 2. The molecule has 2 atom stereocenters. The summed E-state index contributed by atoms with van der Waals surface area (Å²) in [6.07, 6.45) is 5.35. The van der Waals surface area contributed by atoms with Gasteiger partial charge in [-0.15, -0.1) is 0 Å². The van der Waals surface area contributed by atoms with Gasteiger partial charge in [0.15, 0.2) is 0 Å². The molecule has 1 aromatic rings. The van der Waals surface area contributed by atoms with Crippen molar-refractivity contribution in [2.45, 2.75) is 46.1 Å². The minimum absolute atomic E-state index is 0.262. The summed E-state index contributed by atoms with van der Waals surface area (Å²) in [5, 5.41) is 8.70. The first kappa shape index (κ1) is 12.9. The zero-order valence-electron chi connectivity index (χ0n) is 11.3. The highest BCUT2D eigenvalue weighted by Gasteiger charge is 2.33. The van der Waals surface area contributed by atoms with Crippen molar-refractivity contribution < 1.29 is 4.74 Å². The average molecular weight is 244 g/mol. The van der Waals surface area contributed by atoms with E-state index < -0.39 is 0 Å². The minimum atomic E-state index is 0.262. The molecule has 1 fully saturated rings. The standard InChI is InChI=1S/C15H20N2O/c1-11-6-14(8-15(2,3)7-11)18-13-5-4-12(9-16)17-10-13/h4-5,10-11,14H,6-8H2,1-3H3. The van der Waals surface area contributed by atoms with Crippen LogP contribution in [0, 0.1) is 22.7 Å². The fraction of sp³-hybridized carbons (Fsp3) is 0.600. The summed E-state index contributed by atoms with van der Waals surface area (Å²) in [7, 11) is 0. The van der Waals surface area contributed by atoms with Crippen molar-refractivity contribution in [3.05, 3.63) is 24.0 Å². The van der Waals surface area contributed by atoms with Crippen LogP contribution in [0.15, 0.2) is 18.3 Å². The van der Waals surface area contributed by atoms with Gasteiger partial charge in [-0.05, 0) is 42.7 Å². The molecule has 0 N–H and O–H groups in total. The molecule has 0 radical (unpaired) electrons. The molecule has 0 spiro atoms. The third-order valence-electron chi connectivity index (χ3n) is 3.50. The van der Waals surface area contributed by atoms with Crippen molar-refractivity contribution >= 4 is 0 Å². The number of hydrogen-bond donors (Lipinski definition) is 0. The van der Waals surface area contributed by atoms with Crippen LogP contribution in [0.1, 0.15) is 45.7 Å². The van der Waals surface area contributed by atoms with E-state index in [0.29, 0.717) is 17.0 Å². The summed E-state index contributed by atoms with van der Waals surface area (Å²) in [5.41, 5.74) is 0.780. The molecule has 0 bridgehead atoms. The van der Waals surface area contributed by atoms with E-state index in [4.69, 9.17) is 10.00 Å². The SMILES string of the molecule is CC1CC(Oc2ccc(C#N)nc2)CC(C)(C)C1. The summed E-state index contributed by atoms with van der Waals surface area (Å²) in [5.74, 6) is 1.47. The number of nitriles is 1. The van der Waals surface area contributed by atoms with Crippen LogP contribution < -0.4 is 4.74 Å². The lowest BCUT2D eigenvalue weighted by molar-refractivity contribution is 0.0560. The number of pyridine rings is 1. The lowest BCUT2D eigenvalue weighted by atomic mass is 9.71. The van der Waals surface area contributed by atoms with Crippen LogP contribution in [0.5, 0.6) is 5.75 Å². The van der Waals surface area contributed by atoms with Crippen LogP contribution in [0.3, 0.4) is 0 Å². The minimum Gasteiger partial charge on any atom is -0.489 e. The monoisotopic (exact) mass is 244 g/mol. The molecule has 2 rings (SSSR count). The third-order valence-corrected chi connectivity index (χ3v) is 3.50. The first-order valence-electron chi connectivity index (χ1n) is 6.51. The second-order valence-electron chi connectivity index (χ2n) is 6.14. The molecule has 0 amide bonds. The van der Waals surface area contributed by atoms with Gasteiger partial charge in [-0.25, -0.2) is 4.98 Å². The summed E-state index contributed by atoms with van der Waals surface area (Å²) in [6, 6.07) is 5.54. The van der Waals surface area contributed by atoms with Gasteiger partial charge in [0.2, 0.25) is 0 Å². The van der Waals surface area contributed by atoms with Crippen LogP contribution in [0.25, 0.3) is 0 Å². The van der Waals surface area contributed by atoms with Crippen LogP contribution in [-0.2, 0) is 0 Å². The highest BCUT2D eigenvalue weighted by molar-refractivity contribution is 5.26. The first-order valence-corrected chi connectivity index (χ1v) is 6.51. The molecule has 3 nitrogen and oxygen atoms in total. The molecule has 1 aliphatic carbocycles. The largest absolute Gasteiger partial charge is 0.489 e. The Morgan fingerprint density at radius 2 is 2.17 bits per heavy atom. The Morgan fingerprint density at radius 3 is 2.72 bits per heavy atom. The summed E-state index contributed by atoms with van der Waals surface area (Å²) in [6.45, 7) is 6.89. The van der Waals surface area contributed by atoms with Gasteiger partial charge in [0.25, 0.3) is 0 Å². The maximum Gasteiger partial charge on any atom is 0.140 e. The molecule has 1 heterocycles. The van der Waals surface area contributed by atoms with Crippen LogP contribution in [0.4, 0.5) is 0 Å². The number of aromatic nitrogens is 1. The fourth-order valence-electron chi connectivity index (χ4n) is 3.06. The molecule has 96 valence electrons. The predicted octanol–water partition coefficient (Wildman–Crippen LogP) is 3.55. The van der Waals surface area contributed by atoms with Crippen molar-refractivity contribution in [2.75, 3.05) is 0 Å². The Bertz CT molecular complexity index is 445. The van der Waals surface area contributed by atoms with Crippen molar-refractivity contribution in [2.24, 2.45) is 11.3 Å². The second kappa shape index (κ2) is 4.97. The fourth-order valence-corrected chi connectivity index (χ4v) is 3.06. The normalized spacial score (nSPS) is 26.3. The first-order chi connectivity index (χ1) is 8.48. The average Bonchev–Trinajstić information content (AvgIpc) is 2.27. The molecular formula is C15H20N2O. The van der Waals surface area contributed by atoms with Gasteiger partial charge in [0, 0.05) is 0 Å². The Hall–Kier alpha value is -1.56. The van der Waals surface area contributed by atoms with Crippen molar-refractivity contribution in [3.8, 4) is 11.8 Å². The Balaban J connectivity index is 2.02. The molecular weight excluding hydrogens is 224 g/mol. The quantitative estimate of drug-likeness (QED) is 0.799. The van der Waals surface area contributed by atoms with Gasteiger partial charge in [-0.3, -0.25) is 0 Å².